The Hall–Kier alpha value is -1.34. The third-order valence-corrected chi connectivity index (χ3v) is 2.49. The van der Waals surface area contributed by atoms with Crippen molar-refractivity contribution in [3.63, 3.8) is 0 Å². The molecule has 0 aliphatic rings. The third kappa shape index (κ3) is 2.57. The summed E-state index contributed by atoms with van der Waals surface area (Å²) in [6.45, 7) is 10.8. The van der Waals surface area contributed by atoms with Crippen molar-refractivity contribution in [1.29, 1.82) is 0 Å². The van der Waals surface area contributed by atoms with Gasteiger partial charge in [0.2, 0.25) is 0 Å². The van der Waals surface area contributed by atoms with Crippen LogP contribution < -0.4 is 0 Å². The number of rotatable bonds is 4. The summed E-state index contributed by atoms with van der Waals surface area (Å²) >= 11 is 0. The Morgan fingerprint density at radius 3 is 2.20 bits per heavy atom. The second kappa shape index (κ2) is 4.94. The largest absolute Gasteiger partial charge is 0.305 e. The van der Waals surface area contributed by atoms with Crippen LogP contribution in [0.15, 0.2) is 25.3 Å². The fourth-order valence-corrected chi connectivity index (χ4v) is 1.78. The van der Waals surface area contributed by atoms with Gasteiger partial charge in [-0.1, -0.05) is 37.4 Å². The van der Waals surface area contributed by atoms with E-state index in [0.29, 0.717) is 0 Å². The van der Waals surface area contributed by atoms with Crippen molar-refractivity contribution in [2.24, 2.45) is 0 Å². The minimum absolute atomic E-state index is 0.933. The van der Waals surface area contributed by atoms with Crippen LogP contribution in [0.2, 0.25) is 0 Å². The van der Waals surface area contributed by atoms with E-state index in [-0.39, 0.29) is 0 Å². The highest BCUT2D eigenvalue weighted by molar-refractivity contribution is 5.68. The van der Waals surface area contributed by atoms with E-state index in [4.69, 9.17) is 0 Å². The Kier molecular flexibility index (Phi) is 3.87. The van der Waals surface area contributed by atoms with Crippen LogP contribution in [0.3, 0.4) is 0 Å². The van der Waals surface area contributed by atoms with Crippen LogP contribution in [-0.2, 0) is 6.54 Å². The van der Waals surface area contributed by atoms with E-state index in [1.165, 1.54) is 22.3 Å². The van der Waals surface area contributed by atoms with Gasteiger partial charge in [-0.2, -0.15) is 0 Å². The third-order valence-electron chi connectivity index (χ3n) is 2.49. The zero-order valence-corrected chi connectivity index (χ0v) is 9.88. The van der Waals surface area contributed by atoms with Crippen molar-refractivity contribution in [3.05, 3.63) is 47.5 Å². The summed E-state index contributed by atoms with van der Waals surface area (Å²) in [4.78, 5) is 2.16. The molecule has 1 aromatic carbocycles. The number of hydrogen-bond donors (Lipinski definition) is 0. The second-order valence-corrected chi connectivity index (χ2v) is 4.01. The maximum atomic E-state index is 3.88. The maximum absolute atomic E-state index is 3.88. The summed E-state index contributed by atoms with van der Waals surface area (Å²) < 4.78 is 0. The molecule has 1 heteroatoms. The Morgan fingerprint density at radius 2 is 1.73 bits per heavy atom. The number of nitrogens with zero attached hydrogens (tertiary/aromatic N) is 1. The molecule has 0 fully saturated rings. The molecule has 0 radical (unpaired) electrons. The molecule has 0 spiro atoms. The molecule has 0 aromatic heterocycles. The number of benzene rings is 1. The van der Waals surface area contributed by atoms with E-state index in [2.05, 4.69) is 51.2 Å². The van der Waals surface area contributed by atoms with Crippen LogP contribution in [0, 0.1) is 6.92 Å². The van der Waals surface area contributed by atoms with Crippen LogP contribution in [0.5, 0.6) is 0 Å². The van der Waals surface area contributed by atoms with Crippen molar-refractivity contribution in [3.8, 4) is 0 Å². The first-order chi connectivity index (χ1) is 7.10. The van der Waals surface area contributed by atoms with E-state index >= 15 is 0 Å². The average Bonchev–Trinajstić information content (AvgIpc) is 2.19. The molecule has 0 heterocycles. The lowest BCUT2D eigenvalue weighted by molar-refractivity contribution is 0.402. The van der Waals surface area contributed by atoms with Crippen molar-refractivity contribution in [1.82, 2.24) is 4.90 Å². The van der Waals surface area contributed by atoms with Gasteiger partial charge in [0.1, 0.15) is 0 Å². The molecule has 1 rings (SSSR count). The minimum Gasteiger partial charge on any atom is -0.305 e. The van der Waals surface area contributed by atoms with Gasteiger partial charge in [-0.05, 0) is 43.3 Å². The van der Waals surface area contributed by atoms with Crippen LogP contribution in [-0.4, -0.2) is 19.0 Å². The van der Waals surface area contributed by atoms with Crippen molar-refractivity contribution in [2.75, 3.05) is 14.1 Å². The smallest absolute Gasteiger partial charge is 0.0233 e. The van der Waals surface area contributed by atoms with Gasteiger partial charge in [0.25, 0.3) is 0 Å². The van der Waals surface area contributed by atoms with E-state index in [1.54, 1.807) is 0 Å². The first-order valence-corrected chi connectivity index (χ1v) is 5.12. The SMILES string of the molecule is C=Cc1c(C)ccc(CN(C)C)c1C=C. The quantitative estimate of drug-likeness (QED) is 0.722. The van der Waals surface area contributed by atoms with Crippen molar-refractivity contribution >= 4 is 12.2 Å². The number of aryl methyl sites for hydroxylation is 1. The lowest BCUT2D eigenvalue weighted by Gasteiger charge is -2.15. The van der Waals surface area contributed by atoms with Gasteiger partial charge in [0.05, 0.1) is 0 Å². The van der Waals surface area contributed by atoms with Gasteiger partial charge in [-0.25, -0.2) is 0 Å². The topological polar surface area (TPSA) is 3.24 Å². The minimum atomic E-state index is 0.933. The molecule has 0 atom stereocenters. The first-order valence-electron chi connectivity index (χ1n) is 5.12. The monoisotopic (exact) mass is 201 g/mol. The summed E-state index contributed by atoms with van der Waals surface area (Å²) in [6, 6.07) is 4.31. The average molecular weight is 201 g/mol. The highest BCUT2D eigenvalue weighted by atomic mass is 15.0. The van der Waals surface area contributed by atoms with Gasteiger partial charge < -0.3 is 4.90 Å². The Morgan fingerprint density at radius 1 is 1.13 bits per heavy atom. The van der Waals surface area contributed by atoms with Crippen LogP contribution in [0.25, 0.3) is 12.2 Å². The van der Waals surface area contributed by atoms with Gasteiger partial charge >= 0.3 is 0 Å². The Bertz CT molecular complexity index is 375. The standard InChI is InChI=1S/C14H19N/c1-6-13-11(3)8-9-12(10-15(4)5)14(13)7-2/h6-9H,1-2,10H2,3-5H3. The molecule has 0 saturated heterocycles. The molecule has 0 unspecified atom stereocenters. The van der Waals surface area contributed by atoms with Gasteiger partial charge in [-0.3, -0.25) is 0 Å². The van der Waals surface area contributed by atoms with Crippen molar-refractivity contribution in [2.45, 2.75) is 13.5 Å². The second-order valence-electron chi connectivity index (χ2n) is 4.01. The fourth-order valence-electron chi connectivity index (χ4n) is 1.78. The van der Waals surface area contributed by atoms with Gasteiger partial charge in [0, 0.05) is 6.54 Å². The summed E-state index contributed by atoms with van der Waals surface area (Å²) in [7, 11) is 4.14. The van der Waals surface area contributed by atoms with Crippen molar-refractivity contribution < 1.29 is 0 Å². The molecule has 0 saturated carbocycles. The highest BCUT2D eigenvalue weighted by Gasteiger charge is 2.06. The predicted molar refractivity (Wildman–Crippen MR) is 68.8 cm³/mol. The molecule has 0 amide bonds. The first kappa shape index (κ1) is 11.7. The summed E-state index contributed by atoms with van der Waals surface area (Å²) in [5.74, 6) is 0. The lowest BCUT2D eigenvalue weighted by atomic mass is 9.96. The van der Waals surface area contributed by atoms with Gasteiger partial charge in [0.15, 0.2) is 0 Å². The lowest BCUT2D eigenvalue weighted by Crippen LogP contribution is -2.12. The normalized spacial score (nSPS) is 10.4. The summed E-state index contributed by atoms with van der Waals surface area (Å²) in [5, 5.41) is 0. The molecule has 0 aliphatic carbocycles. The van der Waals surface area contributed by atoms with Crippen LogP contribution >= 0.6 is 0 Å². The molecular formula is C14H19N. The van der Waals surface area contributed by atoms with E-state index in [1.807, 2.05) is 12.2 Å². The molecule has 0 aliphatic heterocycles. The molecule has 0 N–H and O–H groups in total. The predicted octanol–water partition coefficient (Wildman–Crippen LogP) is 3.34. The Balaban J connectivity index is 3.28. The number of hydrogen-bond acceptors (Lipinski definition) is 1. The van der Waals surface area contributed by atoms with E-state index in [0.717, 1.165) is 6.54 Å². The molecule has 0 bridgehead atoms. The Labute approximate surface area is 92.7 Å². The molecule has 15 heavy (non-hydrogen) atoms. The molecule has 80 valence electrons. The fraction of sp³-hybridized carbons (Fsp3) is 0.286. The van der Waals surface area contributed by atoms with Gasteiger partial charge in [-0.15, -0.1) is 0 Å². The zero-order chi connectivity index (χ0) is 11.4. The van der Waals surface area contributed by atoms with Crippen LogP contribution in [0.1, 0.15) is 22.3 Å². The molecule has 1 nitrogen and oxygen atoms in total. The molecular weight excluding hydrogens is 182 g/mol. The van der Waals surface area contributed by atoms with Crippen LogP contribution in [0.4, 0.5) is 0 Å². The summed E-state index contributed by atoms with van der Waals surface area (Å²) in [5.41, 5.74) is 4.96. The zero-order valence-electron chi connectivity index (χ0n) is 9.88. The summed E-state index contributed by atoms with van der Waals surface area (Å²) in [6.07, 6.45) is 3.83. The maximum Gasteiger partial charge on any atom is 0.0233 e. The van der Waals surface area contributed by atoms with E-state index < -0.39 is 0 Å². The van der Waals surface area contributed by atoms with E-state index in [9.17, 15) is 0 Å². The highest BCUT2D eigenvalue weighted by Crippen LogP contribution is 2.22. The molecule has 1 aromatic rings.